The Morgan fingerprint density at radius 2 is 1.55 bits per heavy atom. The molecular formula is C34H40N4O2. The van der Waals surface area contributed by atoms with Crippen molar-refractivity contribution >= 4 is 22.8 Å². The van der Waals surface area contributed by atoms with Crippen LogP contribution in [0.5, 0.6) is 0 Å². The molecule has 5 rings (SSSR count). The fourth-order valence-electron chi connectivity index (χ4n) is 5.49. The number of likely N-dealkylation sites (tertiary alicyclic amines) is 1. The molecule has 0 atom stereocenters. The molecule has 1 saturated heterocycles. The van der Waals surface area contributed by atoms with Crippen molar-refractivity contribution in [2.45, 2.75) is 58.4 Å². The average Bonchev–Trinajstić information content (AvgIpc) is 3.33. The Balaban J connectivity index is 1.06. The summed E-state index contributed by atoms with van der Waals surface area (Å²) in [5, 5.41) is 3.06. The van der Waals surface area contributed by atoms with Crippen LogP contribution < -0.4 is 5.32 Å². The van der Waals surface area contributed by atoms with E-state index in [0.717, 1.165) is 79.6 Å². The Kier molecular flexibility index (Phi) is 9.27. The minimum atomic E-state index is 0.0554. The van der Waals surface area contributed by atoms with Gasteiger partial charge in [0.2, 0.25) is 11.8 Å². The van der Waals surface area contributed by atoms with Gasteiger partial charge in [-0.3, -0.25) is 9.59 Å². The van der Waals surface area contributed by atoms with Crippen LogP contribution in [0.4, 0.5) is 0 Å². The number of unbranched alkanes of at least 4 members (excludes halogenated alkanes) is 2. The summed E-state index contributed by atoms with van der Waals surface area (Å²) in [5.74, 6) is 1.92. The molecule has 1 aliphatic heterocycles. The lowest BCUT2D eigenvalue weighted by atomic mass is 9.99. The van der Waals surface area contributed by atoms with Crippen LogP contribution in [0.15, 0.2) is 78.9 Å². The van der Waals surface area contributed by atoms with Gasteiger partial charge in [-0.1, -0.05) is 80.1 Å². The highest BCUT2D eigenvalue weighted by atomic mass is 16.2. The lowest BCUT2D eigenvalue weighted by molar-refractivity contribution is -0.133. The fourth-order valence-corrected chi connectivity index (χ4v) is 5.49. The molecule has 1 aromatic heterocycles. The second-order valence-corrected chi connectivity index (χ2v) is 11.1. The van der Waals surface area contributed by atoms with Crippen LogP contribution in [0.2, 0.25) is 0 Å². The van der Waals surface area contributed by atoms with Crippen molar-refractivity contribution in [3.8, 4) is 11.1 Å². The molecule has 1 aliphatic rings. The summed E-state index contributed by atoms with van der Waals surface area (Å²) in [6, 6.07) is 26.6. The van der Waals surface area contributed by atoms with Crippen molar-refractivity contribution in [3.05, 3.63) is 90.3 Å². The summed E-state index contributed by atoms with van der Waals surface area (Å²) in [6.45, 7) is 4.99. The van der Waals surface area contributed by atoms with Gasteiger partial charge in [0.25, 0.3) is 0 Å². The maximum absolute atomic E-state index is 13.1. The van der Waals surface area contributed by atoms with Gasteiger partial charge in [0.05, 0.1) is 17.5 Å². The molecule has 0 saturated carbocycles. The van der Waals surface area contributed by atoms with Gasteiger partial charge in [-0.2, -0.15) is 0 Å². The zero-order valence-electron chi connectivity index (χ0n) is 23.5. The van der Waals surface area contributed by atoms with E-state index in [1.54, 1.807) is 0 Å². The first-order chi connectivity index (χ1) is 19.6. The Labute approximate surface area is 237 Å². The lowest BCUT2D eigenvalue weighted by Gasteiger charge is -2.30. The van der Waals surface area contributed by atoms with E-state index >= 15 is 0 Å². The molecule has 6 nitrogen and oxygen atoms in total. The monoisotopic (exact) mass is 536 g/mol. The summed E-state index contributed by atoms with van der Waals surface area (Å²) in [7, 11) is 0. The number of aryl methyl sites for hydroxylation is 1. The van der Waals surface area contributed by atoms with E-state index in [0.29, 0.717) is 25.4 Å². The molecular weight excluding hydrogens is 496 g/mol. The van der Waals surface area contributed by atoms with Gasteiger partial charge < -0.3 is 14.8 Å². The van der Waals surface area contributed by atoms with Gasteiger partial charge in [0.15, 0.2) is 0 Å². The van der Waals surface area contributed by atoms with E-state index in [1.165, 1.54) is 5.56 Å². The number of hydrogen-bond acceptors (Lipinski definition) is 3. The van der Waals surface area contributed by atoms with Crippen molar-refractivity contribution < 1.29 is 9.59 Å². The van der Waals surface area contributed by atoms with Crippen LogP contribution >= 0.6 is 0 Å². The largest absolute Gasteiger partial charge is 0.356 e. The number of nitrogens with one attached hydrogen (secondary N) is 1. The molecule has 1 N–H and O–H groups in total. The number of imidazole rings is 1. The fraction of sp³-hybridized carbons (Fsp3) is 0.382. The van der Waals surface area contributed by atoms with Crippen LogP contribution in [0.1, 0.15) is 50.4 Å². The Hall–Kier alpha value is -3.93. The highest BCUT2D eigenvalue weighted by Gasteiger charge is 2.22. The number of rotatable bonds is 11. The van der Waals surface area contributed by atoms with Crippen LogP contribution in [0, 0.1) is 5.92 Å². The predicted octanol–water partition coefficient (Wildman–Crippen LogP) is 6.03. The summed E-state index contributed by atoms with van der Waals surface area (Å²) in [4.78, 5) is 32.4. The first kappa shape index (κ1) is 27.6. The summed E-state index contributed by atoms with van der Waals surface area (Å²) >= 11 is 0. The Morgan fingerprint density at radius 3 is 2.33 bits per heavy atom. The number of carbonyl (C=O) groups excluding carboxylic acids is 2. The van der Waals surface area contributed by atoms with Crippen LogP contribution in [0.3, 0.4) is 0 Å². The Bertz CT molecular complexity index is 1400. The average molecular weight is 537 g/mol. The maximum atomic E-state index is 13.1. The minimum absolute atomic E-state index is 0.0554. The molecule has 0 radical (unpaired) electrons. The van der Waals surface area contributed by atoms with Crippen LogP contribution in [-0.2, 0) is 29.0 Å². The third-order valence-corrected chi connectivity index (χ3v) is 7.99. The normalized spacial score (nSPS) is 14.0. The number of nitrogens with zero attached hydrogens (tertiary/aromatic N) is 3. The van der Waals surface area contributed by atoms with Gasteiger partial charge >= 0.3 is 0 Å². The number of aromatic nitrogens is 2. The van der Waals surface area contributed by atoms with E-state index in [9.17, 15) is 9.59 Å². The van der Waals surface area contributed by atoms with E-state index < -0.39 is 0 Å². The number of benzene rings is 3. The standard InChI is InChI=1S/C34H40N4O2/c1-26-19-22-37(23-20-26)34(40)25-38-31-13-8-7-12-30(31)36-32(38)14-6-3-9-21-35-33(39)24-27-15-17-29(18-16-27)28-10-4-2-5-11-28/h2,4-5,7-8,10-13,15-18,26H,3,6,9,14,19-25H2,1H3,(H,35,39). The third kappa shape index (κ3) is 7.17. The zero-order chi connectivity index (χ0) is 27.7. The van der Waals surface area contributed by atoms with Crippen molar-refractivity contribution in [1.29, 1.82) is 0 Å². The zero-order valence-corrected chi connectivity index (χ0v) is 23.5. The molecule has 4 aromatic rings. The topological polar surface area (TPSA) is 67.2 Å². The molecule has 0 aliphatic carbocycles. The summed E-state index contributed by atoms with van der Waals surface area (Å²) in [6.07, 6.45) is 6.26. The van der Waals surface area contributed by atoms with Gasteiger partial charge in [0.1, 0.15) is 12.4 Å². The molecule has 40 heavy (non-hydrogen) atoms. The number of hydrogen-bond donors (Lipinski definition) is 1. The van der Waals surface area contributed by atoms with Gasteiger partial charge in [-0.05, 0) is 60.4 Å². The second kappa shape index (κ2) is 13.4. The molecule has 1 fully saturated rings. The van der Waals surface area contributed by atoms with Crippen LogP contribution in [-0.4, -0.2) is 45.9 Å². The van der Waals surface area contributed by atoms with Crippen molar-refractivity contribution in [2.75, 3.05) is 19.6 Å². The third-order valence-electron chi connectivity index (χ3n) is 7.99. The van der Waals surface area contributed by atoms with Crippen molar-refractivity contribution in [2.24, 2.45) is 5.92 Å². The van der Waals surface area contributed by atoms with E-state index in [-0.39, 0.29) is 11.8 Å². The number of para-hydroxylation sites is 2. The Morgan fingerprint density at radius 1 is 0.850 bits per heavy atom. The molecule has 2 amide bonds. The smallest absolute Gasteiger partial charge is 0.242 e. The number of carbonyl (C=O) groups is 2. The quantitative estimate of drug-likeness (QED) is 0.238. The molecule has 3 aromatic carbocycles. The highest BCUT2D eigenvalue weighted by Crippen LogP contribution is 2.21. The molecule has 0 bridgehead atoms. The van der Waals surface area contributed by atoms with E-state index in [4.69, 9.17) is 4.98 Å². The first-order valence-electron chi connectivity index (χ1n) is 14.7. The van der Waals surface area contributed by atoms with E-state index in [2.05, 4.69) is 47.1 Å². The maximum Gasteiger partial charge on any atom is 0.242 e. The number of piperidine rings is 1. The van der Waals surface area contributed by atoms with Crippen molar-refractivity contribution in [3.63, 3.8) is 0 Å². The van der Waals surface area contributed by atoms with Crippen molar-refractivity contribution in [1.82, 2.24) is 19.8 Å². The highest BCUT2D eigenvalue weighted by molar-refractivity contribution is 5.81. The van der Waals surface area contributed by atoms with Gasteiger partial charge in [-0.15, -0.1) is 0 Å². The van der Waals surface area contributed by atoms with Gasteiger partial charge in [0, 0.05) is 26.1 Å². The SMILES string of the molecule is CC1CCN(C(=O)Cn2c(CCCCCNC(=O)Cc3ccc(-c4ccccc4)cc3)nc3ccccc32)CC1. The first-order valence-corrected chi connectivity index (χ1v) is 14.7. The van der Waals surface area contributed by atoms with Crippen LogP contribution in [0.25, 0.3) is 22.2 Å². The molecule has 0 spiro atoms. The van der Waals surface area contributed by atoms with E-state index in [1.807, 2.05) is 53.4 Å². The number of amides is 2. The summed E-state index contributed by atoms with van der Waals surface area (Å²) in [5.41, 5.74) is 5.33. The summed E-state index contributed by atoms with van der Waals surface area (Å²) < 4.78 is 2.11. The molecule has 0 unspecified atom stereocenters. The second-order valence-electron chi connectivity index (χ2n) is 11.1. The molecule has 208 valence electrons. The molecule has 2 heterocycles. The molecule has 6 heteroatoms. The lowest BCUT2D eigenvalue weighted by Crippen LogP contribution is -2.39. The predicted molar refractivity (Wildman–Crippen MR) is 161 cm³/mol. The number of fused-ring (bicyclic) bond motifs is 1. The minimum Gasteiger partial charge on any atom is -0.356 e. The van der Waals surface area contributed by atoms with Gasteiger partial charge in [-0.25, -0.2) is 4.98 Å².